The van der Waals surface area contributed by atoms with Crippen LogP contribution in [0.25, 0.3) is 0 Å². The monoisotopic (exact) mass is 408 g/mol. The van der Waals surface area contributed by atoms with Gasteiger partial charge in [-0.3, -0.25) is 19.2 Å². The number of rotatable bonds is 6. The summed E-state index contributed by atoms with van der Waals surface area (Å²) in [6.07, 6.45) is 0.111. The Labute approximate surface area is 174 Å². The SMILES string of the molecule is CC(=O)Nc1ccc(NC(=O)[C@H](C)NC(=O)[C@H]2CC(=O)N(c3ccccc3)C2)cc1. The Morgan fingerprint density at radius 1 is 0.967 bits per heavy atom. The van der Waals surface area contributed by atoms with Crippen LogP contribution in [0.3, 0.4) is 0 Å². The summed E-state index contributed by atoms with van der Waals surface area (Å²) in [5.41, 5.74) is 1.92. The van der Waals surface area contributed by atoms with E-state index in [-0.39, 0.29) is 36.6 Å². The topological polar surface area (TPSA) is 108 Å². The van der Waals surface area contributed by atoms with Gasteiger partial charge in [0.05, 0.1) is 5.92 Å². The molecule has 30 heavy (non-hydrogen) atoms. The molecule has 0 unspecified atom stereocenters. The van der Waals surface area contributed by atoms with Crippen molar-refractivity contribution >= 4 is 40.7 Å². The normalized spacial score (nSPS) is 16.7. The zero-order chi connectivity index (χ0) is 21.7. The highest BCUT2D eigenvalue weighted by molar-refractivity contribution is 6.02. The third-order valence-electron chi connectivity index (χ3n) is 4.79. The average molecular weight is 408 g/mol. The van der Waals surface area contributed by atoms with Crippen LogP contribution in [0.4, 0.5) is 17.1 Å². The number of carbonyl (C=O) groups excluding carboxylic acids is 4. The molecule has 0 saturated carbocycles. The fourth-order valence-electron chi connectivity index (χ4n) is 3.23. The van der Waals surface area contributed by atoms with Crippen LogP contribution in [0.1, 0.15) is 20.3 Å². The first-order valence-corrected chi connectivity index (χ1v) is 9.68. The maximum absolute atomic E-state index is 12.6. The fraction of sp³-hybridized carbons (Fsp3) is 0.273. The van der Waals surface area contributed by atoms with Crippen LogP contribution in [0.15, 0.2) is 54.6 Å². The second kappa shape index (κ2) is 9.21. The number of hydrogen-bond donors (Lipinski definition) is 3. The van der Waals surface area contributed by atoms with E-state index in [2.05, 4.69) is 16.0 Å². The van der Waals surface area contributed by atoms with Crippen molar-refractivity contribution in [1.82, 2.24) is 5.32 Å². The van der Waals surface area contributed by atoms with Gasteiger partial charge >= 0.3 is 0 Å². The van der Waals surface area contributed by atoms with Crippen LogP contribution < -0.4 is 20.9 Å². The second-order valence-corrected chi connectivity index (χ2v) is 7.22. The number of nitrogens with one attached hydrogen (secondary N) is 3. The van der Waals surface area contributed by atoms with Crippen molar-refractivity contribution in [3.05, 3.63) is 54.6 Å². The van der Waals surface area contributed by atoms with Gasteiger partial charge in [-0.2, -0.15) is 0 Å². The van der Waals surface area contributed by atoms with Crippen molar-refractivity contribution in [3.63, 3.8) is 0 Å². The summed E-state index contributed by atoms with van der Waals surface area (Å²) in [6, 6.07) is 15.1. The summed E-state index contributed by atoms with van der Waals surface area (Å²) in [7, 11) is 0. The number of amides is 4. The molecule has 1 fully saturated rings. The minimum atomic E-state index is -0.770. The predicted molar refractivity (Wildman–Crippen MR) is 114 cm³/mol. The first-order chi connectivity index (χ1) is 14.3. The van der Waals surface area contributed by atoms with Crippen molar-refractivity contribution in [1.29, 1.82) is 0 Å². The summed E-state index contributed by atoms with van der Waals surface area (Å²) in [5.74, 6) is -1.51. The van der Waals surface area contributed by atoms with E-state index in [1.165, 1.54) is 6.92 Å². The molecule has 1 aliphatic rings. The maximum Gasteiger partial charge on any atom is 0.246 e. The molecule has 1 saturated heterocycles. The van der Waals surface area contributed by atoms with Gasteiger partial charge in [0.2, 0.25) is 23.6 Å². The Balaban J connectivity index is 1.53. The number of nitrogens with zero attached hydrogens (tertiary/aromatic N) is 1. The smallest absolute Gasteiger partial charge is 0.246 e. The predicted octanol–water partition coefficient (Wildman–Crippen LogP) is 2.14. The van der Waals surface area contributed by atoms with Gasteiger partial charge in [0.25, 0.3) is 0 Å². The van der Waals surface area contributed by atoms with Crippen molar-refractivity contribution < 1.29 is 19.2 Å². The Morgan fingerprint density at radius 3 is 2.17 bits per heavy atom. The molecule has 3 N–H and O–H groups in total. The van der Waals surface area contributed by atoms with Crippen LogP contribution in [0.2, 0.25) is 0 Å². The lowest BCUT2D eigenvalue weighted by Gasteiger charge is -2.18. The Bertz CT molecular complexity index is 943. The Kier molecular flexibility index (Phi) is 6.46. The van der Waals surface area contributed by atoms with Crippen LogP contribution >= 0.6 is 0 Å². The van der Waals surface area contributed by atoms with Crippen molar-refractivity contribution in [3.8, 4) is 0 Å². The highest BCUT2D eigenvalue weighted by Crippen LogP contribution is 2.25. The molecule has 156 valence electrons. The maximum atomic E-state index is 12.6. The second-order valence-electron chi connectivity index (χ2n) is 7.22. The van der Waals surface area contributed by atoms with E-state index in [0.29, 0.717) is 11.4 Å². The lowest BCUT2D eigenvalue weighted by Crippen LogP contribution is -2.44. The molecule has 3 rings (SSSR count). The largest absolute Gasteiger partial charge is 0.344 e. The first-order valence-electron chi connectivity index (χ1n) is 9.68. The number of anilines is 3. The molecule has 2 atom stereocenters. The molecule has 4 amide bonds. The van der Waals surface area contributed by atoms with Crippen molar-refractivity contribution in [2.75, 3.05) is 22.1 Å². The zero-order valence-corrected chi connectivity index (χ0v) is 16.8. The van der Waals surface area contributed by atoms with E-state index < -0.39 is 12.0 Å². The van der Waals surface area contributed by atoms with Gasteiger partial charge in [-0.25, -0.2) is 0 Å². The minimum absolute atomic E-state index is 0.111. The standard InChI is InChI=1S/C22H24N4O4/c1-14(21(29)25-18-10-8-17(9-11-18)24-15(2)27)23-22(30)16-12-20(28)26(13-16)19-6-4-3-5-7-19/h3-11,14,16H,12-13H2,1-2H3,(H,23,30)(H,24,27)(H,25,29)/t14-,16-/m0/s1. The molecule has 8 nitrogen and oxygen atoms in total. The molecule has 0 bridgehead atoms. The van der Waals surface area contributed by atoms with Gasteiger partial charge in [-0.1, -0.05) is 18.2 Å². The molecule has 2 aromatic carbocycles. The lowest BCUT2D eigenvalue weighted by atomic mass is 10.1. The first kappa shape index (κ1) is 21.0. The van der Waals surface area contributed by atoms with Crippen LogP contribution in [0.5, 0.6) is 0 Å². The van der Waals surface area contributed by atoms with Gasteiger partial charge in [0.1, 0.15) is 6.04 Å². The molecule has 0 aromatic heterocycles. The number of para-hydroxylation sites is 1. The number of benzene rings is 2. The van der Waals surface area contributed by atoms with Crippen LogP contribution in [-0.4, -0.2) is 36.2 Å². The molecule has 0 spiro atoms. The molecule has 1 heterocycles. The third-order valence-corrected chi connectivity index (χ3v) is 4.79. The van der Waals surface area contributed by atoms with E-state index in [1.807, 2.05) is 30.3 Å². The van der Waals surface area contributed by atoms with E-state index in [9.17, 15) is 19.2 Å². The molecular formula is C22H24N4O4. The molecular weight excluding hydrogens is 384 g/mol. The highest BCUT2D eigenvalue weighted by Gasteiger charge is 2.35. The Hall–Kier alpha value is -3.68. The van der Waals surface area contributed by atoms with Gasteiger partial charge in [-0.05, 0) is 43.3 Å². The van der Waals surface area contributed by atoms with Gasteiger partial charge < -0.3 is 20.9 Å². The minimum Gasteiger partial charge on any atom is -0.344 e. The van der Waals surface area contributed by atoms with Crippen LogP contribution in [0, 0.1) is 5.92 Å². The lowest BCUT2D eigenvalue weighted by molar-refractivity contribution is -0.129. The van der Waals surface area contributed by atoms with Gasteiger partial charge in [-0.15, -0.1) is 0 Å². The molecule has 0 radical (unpaired) electrons. The van der Waals surface area contributed by atoms with Crippen molar-refractivity contribution in [2.24, 2.45) is 5.92 Å². The van der Waals surface area contributed by atoms with Crippen molar-refractivity contribution in [2.45, 2.75) is 26.3 Å². The quantitative estimate of drug-likeness (QED) is 0.681. The number of carbonyl (C=O) groups is 4. The van der Waals surface area contributed by atoms with Gasteiger partial charge in [0, 0.05) is 37.0 Å². The molecule has 8 heteroatoms. The van der Waals surface area contributed by atoms with Gasteiger partial charge in [0.15, 0.2) is 0 Å². The highest BCUT2D eigenvalue weighted by atomic mass is 16.2. The fourth-order valence-corrected chi connectivity index (χ4v) is 3.23. The summed E-state index contributed by atoms with van der Waals surface area (Å²) in [4.78, 5) is 49.9. The van der Waals surface area contributed by atoms with Crippen LogP contribution in [-0.2, 0) is 19.2 Å². The van der Waals surface area contributed by atoms with E-state index in [1.54, 1.807) is 36.1 Å². The summed E-state index contributed by atoms with van der Waals surface area (Å²) in [6.45, 7) is 3.29. The Morgan fingerprint density at radius 2 is 1.57 bits per heavy atom. The molecule has 2 aromatic rings. The number of hydrogen-bond acceptors (Lipinski definition) is 4. The molecule has 0 aliphatic carbocycles. The van der Waals surface area contributed by atoms with E-state index in [4.69, 9.17) is 0 Å². The zero-order valence-electron chi connectivity index (χ0n) is 16.8. The van der Waals surface area contributed by atoms with E-state index >= 15 is 0 Å². The molecule has 1 aliphatic heterocycles. The summed E-state index contributed by atoms with van der Waals surface area (Å²) >= 11 is 0. The van der Waals surface area contributed by atoms with E-state index in [0.717, 1.165) is 5.69 Å². The third kappa shape index (κ3) is 5.22. The summed E-state index contributed by atoms with van der Waals surface area (Å²) in [5, 5.41) is 8.05. The average Bonchev–Trinajstić information content (AvgIpc) is 3.11. The summed E-state index contributed by atoms with van der Waals surface area (Å²) < 4.78 is 0.